The number of pyridine rings is 1. The summed E-state index contributed by atoms with van der Waals surface area (Å²) in [6, 6.07) is 8.88. The van der Waals surface area contributed by atoms with Crippen molar-refractivity contribution in [2.45, 2.75) is 39.0 Å². The predicted octanol–water partition coefficient (Wildman–Crippen LogP) is 3.87. The maximum absolute atomic E-state index is 14.2. The minimum Gasteiger partial charge on any atom is -0.454 e. The molecule has 1 atom stereocenters. The Morgan fingerprint density at radius 1 is 1.21 bits per heavy atom. The molecular formula is C29H27ClFN5O6. The van der Waals surface area contributed by atoms with E-state index in [4.69, 9.17) is 35.9 Å². The SMILES string of the molecule is Cc1oc(=O)oc1COC(=O)c1ccc2c3nc(N4CCC[C@@H](N)C4)n(Cc4cc(F)ccc4Cl)c3c(=O)n(C)c2c1. The summed E-state index contributed by atoms with van der Waals surface area (Å²) in [6.07, 6.45) is 1.74. The topological polar surface area (TPSA) is 139 Å². The lowest BCUT2D eigenvalue weighted by Gasteiger charge is -2.32. The number of imidazole rings is 1. The predicted molar refractivity (Wildman–Crippen MR) is 154 cm³/mol. The minimum atomic E-state index is -0.881. The van der Waals surface area contributed by atoms with E-state index in [1.54, 1.807) is 29.8 Å². The van der Waals surface area contributed by atoms with Gasteiger partial charge in [0, 0.05) is 36.6 Å². The highest BCUT2D eigenvalue weighted by atomic mass is 35.5. The molecule has 6 rings (SSSR count). The molecule has 218 valence electrons. The Labute approximate surface area is 242 Å². The summed E-state index contributed by atoms with van der Waals surface area (Å²) in [5.74, 6) is -1.14. The fourth-order valence-electron chi connectivity index (χ4n) is 5.39. The van der Waals surface area contributed by atoms with Crippen LogP contribution in [0.1, 0.15) is 40.3 Å². The third-order valence-electron chi connectivity index (χ3n) is 7.55. The standard InChI is InChI=1S/C29H27ClFN5O6/c1-15-23(42-29(39)41-15)14-40-27(38)16-5-7-20-22(11-16)34(2)26(37)25-24(20)33-28(35-9-3-4-19(32)13-35)36(25)12-17-10-18(31)6-8-21(17)30/h5-8,10-11,19H,3-4,9,12-14,32H2,1-2H3/t19-/m1/s1. The Hall–Kier alpha value is -4.42. The summed E-state index contributed by atoms with van der Waals surface area (Å²) >= 11 is 6.43. The fraction of sp³-hybridized carbons (Fsp3) is 0.310. The van der Waals surface area contributed by atoms with Crippen LogP contribution in [0, 0.1) is 12.7 Å². The van der Waals surface area contributed by atoms with Gasteiger partial charge < -0.3 is 33.3 Å². The summed E-state index contributed by atoms with van der Waals surface area (Å²) in [6.45, 7) is 2.59. The monoisotopic (exact) mass is 595 g/mol. The number of nitrogens with two attached hydrogens (primary N) is 1. The van der Waals surface area contributed by atoms with Crippen molar-refractivity contribution < 1.29 is 22.8 Å². The molecule has 13 heteroatoms. The molecule has 0 spiro atoms. The molecule has 1 aliphatic heterocycles. The van der Waals surface area contributed by atoms with E-state index in [1.807, 2.05) is 4.90 Å². The van der Waals surface area contributed by atoms with Gasteiger partial charge in [-0.2, -0.15) is 0 Å². The maximum atomic E-state index is 14.2. The number of anilines is 1. The van der Waals surface area contributed by atoms with E-state index >= 15 is 0 Å². The largest absolute Gasteiger partial charge is 0.519 e. The first-order valence-electron chi connectivity index (χ1n) is 13.3. The number of benzene rings is 2. The van der Waals surface area contributed by atoms with Gasteiger partial charge in [0.15, 0.2) is 18.1 Å². The summed E-state index contributed by atoms with van der Waals surface area (Å²) in [5, 5.41) is 0.997. The molecule has 1 saturated heterocycles. The second kappa shape index (κ2) is 10.8. The van der Waals surface area contributed by atoms with Crippen LogP contribution < -0.4 is 22.0 Å². The van der Waals surface area contributed by atoms with Crippen LogP contribution in [0.4, 0.5) is 10.3 Å². The molecule has 5 aromatic rings. The van der Waals surface area contributed by atoms with E-state index < -0.39 is 17.6 Å². The zero-order chi connectivity index (χ0) is 29.7. The van der Waals surface area contributed by atoms with Crippen LogP contribution in [0.3, 0.4) is 0 Å². The molecular weight excluding hydrogens is 569 g/mol. The van der Waals surface area contributed by atoms with Crippen LogP contribution >= 0.6 is 11.6 Å². The first kappa shape index (κ1) is 27.7. The number of rotatable bonds is 6. The zero-order valence-corrected chi connectivity index (χ0v) is 23.6. The molecule has 0 radical (unpaired) electrons. The van der Waals surface area contributed by atoms with Crippen LogP contribution in [0.5, 0.6) is 0 Å². The third kappa shape index (κ3) is 4.96. The van der Waals surface area contributed by atoms with E-state index in [9.17, 15) is 18.8 Å². The number of aryl methyl sites for hydroxylation is 2. The number of piperidine rings is 1. The highest BCUT2D eigenvalue weighted by molar-refractivity contribution is 6.31. The summed E-state index contributed by atoms with van der Waals surface area (Å²) in [7, 11) is 1.60. The number of nitrogens with zero attached hydrogens (tertiary/aromatic N) is 4. The number of carbonyl (C=O) groups excluding carboxylic acids is 1. The molecule has 11 nitrogen and oxygen atoms in total. The number of hydrogen-bond acceptors (Lipinski definition) is 9. The number of aromatic nitrogens is 3. The van der Waals surface area contributed by atoms with Gasteiger partial charge in [0.05, 0.1) is 17.6 Å². The molecule has 4 heterocycles. The number of esters is 1. The van der Waals surface area contributed by atoms with Gasteiger partial charge in [-0.15, -0.1) is 0 Å². The van der Waals surface area contributed by atoms with Crippen molar-refractivity contribution in [2.75, 3.05) is 18.0 Å². The number of halogens is 2. The van der Waals surface area contributed by atoms with Crippen molar-refractivity contribution >= 4 is 45.5 Å². The second-order valence-corrected chi connectivity index (χ2v) is 10.8. The van der Waals surface area contributed by atoms with Gasteiger partial charge in [-0.3, -0.25) is 4.79 Å². The first-order valence-corrected chi connectivity index (χ1v) is 13.7. The van der Waals surface area contributed by atoms with Crippen LogP contribution in [-0.2, 0) is 24.9 Å². The molecule has 0 aliphatic carbocycles. The van der Waals surface area contributed by atoms with Crippen LogP contribution in [0.15, 0.2) is 54.8 Å². The quantitative estimate of drug-likeness (QED) is 0.290. The van der Waals surface area contributed by atoms with E-state index in [0.717, 1.165) is 12.8 Å². The number of fused-ring (bicyclic) bond motifs is 3. The number of carbonyl (C=O) groups is 1. The van der Waals surface area contributed by atoms with E-state index in [2.05, 4.69) is 0 Å². The maximum Gasteiger partial charge on any atom is 0.519 e. The Bertz CT molecular complexity index is 1980. The van der Waals surface area contributed by atoms with Crippen molar-refractivity contribution in [2.24, 2.45) is 12.8 Å². The molecule has 1 fully saturated rings. The Morgan fingerprint density at radius 2 is 2.02 bits per heavy atom. The normalized spacial score (nSPS) is 15.5. The average molecular weight is 596 g/mol. The van der Waals surface area contributed by atoms with E-state index in [-0.39, 0.29) is 41.8 Å². The van der Waals surface area contributed by atoms with E-state index in [1.165, 1.54) is 29.7 Å². The van der Waals surface area contributed by atoms with Gasteiger partial charge in [0.25, 0.3) is 5.56 Å². The van der Waals surface area contributed by atoms with Gasteiger partial charge in [-0.25, -0.2) is 19.0 Å². The molecule has 3 aromatic heterocycles. The van der Waals surface area contributed by atoms with Gasteiger partial charge in [0.2, 0.25) is 5.95 Å². The summed E-state index contributed by atoms with van der Waals surface area (Å²) in [5.41, 5.74) is 7.83. The Kier molecular flexibility index (Phi) is 7.11. The Morgan fingerprint density at radius 3 is 2.76 bits per heavy atom. The molecule has 42 heavy (non-hydrogen) atoms. The van der Waals surface area contributed by atoms with Gasteiger partial charge in [0.1, 0.15) is 16.9 Å². The van der Waals surface area contributed by atoms with Crippen LogP contribution in [-0.4, -0.2) is 39.2 Å². The molecule has 0 bridgehead atoms. The van der Waals surface area contributed by atoms with Gasteiger partial charge in [-0.1, -0.05) is 11.6 Å². The number of hydrogen-bond donors (Lipinski definition) is 1. The molecule has 0 amide bonds. The molecule has 1 aliphatic rings. The summed E-state index contributed by atoms with van der Waals surface area (Å²) < 4.78 is 32.4. The Balaban J connectivity index is 1.46. The fourth-order valence-corrected chi connectivity index (χ4v) is 5.57. The van der Waals surface area contributed by atoms with Crippen LogP contribution in [0.2, 0.25) is 5.02 Å². The second-order valence-electron chi connectivity index (χ2n) is 10.4. The lowest BCUT2D eigenvalue weighted by molar-refractivity contribution is 0.0443. The van der Waals surface area contributed by atoms with Crippen LogP contribution in [0.25, 0.3) is 21.9 Å². The average Bonchev–Trinajstić information content (AvgIpc) is 3.50. The zero-order valence-electron chi connectivity index (χ0n) is 22.9. The summed E-state index contributed by atoms with van der Waals surface area (Å²) in [4.78, 5) is 45.0. The lowest BCUT2D eigenvalue weighted by atomic mass is 10.1. The first-order chi connectivity index (χ1) is 20.1. The highest BCUT2D eigenvalue weighted by Gasteiger charge is 2.26. The van der Waals surface area contributed by atoms with E-state index in [0.29, 0.717) is 51.6 Å². The minimum absolute atomic E-state index is 0.0585. The van der Waals surface area contributed by atoms with Crippen molar-refractivity contribution in [3.05, 3.63) is 90.9 Å². The molecule has 0 saturated carbocycles. The van der Waals surface area contributed by atoms with Crippen molar-refractivity contribution in [1.29, 1.82) is 0 Å². The smallest absolute Gasteiger partial charge is 0.454 e. The molecule has 0 unspecified atom stereocenters. The third-order valence-corrected chi connectivity index (χ3v) is 7.92. The van der Waals surface area contributed by atoms with Crippen molar-refractivity contribution in [3.8, 4) is 0 Å². The highest BCUT2D eigenvalue weighted by Crippen LogP contribution is 2.31. The van der Waals surface area contributed by atoms with Gasteiger partial charge in [-0.05, 0) is 61.7 Å². The lowest BCUT2D eigenvalue weighted by Crippen LogP contribution is -2.44. The molecule has 2 N–H and O–H groups in total. The van der Waals surface area contributed by atoms with Crippen molar-refractivity contribution in [1.82, 2.24) is 14.1 Å². The molecule has 2 aromatic carbocycles. The van der Waals surface area contributed by atoms with Gasteiger partial charge >= 0.3 is 11.8 Å². The van der Waals surface area contributed by atoms with Crippen molar-refractivity contribution in [3.63, 3.8) is 0 Å². The number of ether oxygens (including phenoxy) is 1.